The van der Waals surface area contributed by atoms with E-state index in [1.165, 1.54) is 25.3 Å². The standard InChI is InChI=1S/C15H10N2O5/c1-22-12-8-5-11(6-9-12)7-10-13-14(16(18)19)3-2-4-15(13)17(20)21/h2-6,8-9H,1H3. The van der Waals surface area contributed by atoms with Crippen molar-refractivity contribution in [1.82, 2.24) is 0 Å². The molecule has 0 atom stereocenters. The lowest BCUT2D eigenvalue weighted by atomic mass is 10.1. The molecule has 0 amide bonds. The van der Waals surface area contributed by atoms with Crippen molar-refractivity contribution in [2.24, 2.45) is 0 Å². The van der Waals surface area contributed by atoms with Gasteiger partial charge in [-0.3, -0.25) is 20.2 Å². The molecule has 0 saturated carbocycles. The van der Waals surface area contributed by atoms with Crippen molar-refractivity contribution >= 4 is 11.4 Å². The second-order valence-electron chi connectivity index (χ2n) is 4.16. The molecule has 0 aliphatic rings. The monoisotopic (exact) mass is 298 g/mol. The first-order chi connectivity index (χ1) is 10.5. The molecule has 2 rings (SSSR count). The van der Waals surface area contributed by atoms with Crippen LogP contribution in [0.2, 0.25) is 0 Å². The maximum absolute atomic E-state index is 11.0. The molecule has 0 saturated heterocycles. The van der Waals surface area contributed by atoms with Gasteiger partial charge in [-0.1, -0.05) is 5.92 Å². The van der Waals surface area contributed by atoms with E-state index in [-0.39, 0.29) is 5.56 Å². The highest BCUT2D eigenvalue weighted by Crippen LogP contribution is 2.27. The zero-order chi connectivity index (χ0) is 16.1. The number of methoxy groups -OCH3 is 1. The summed E-state index contributed by atoms with van der Waals surface area (Å²) in [7, 11) is 1.53. The maximum atomic E-state index is 11.0. The first-order valence-corrected chi connectivity index (χ1v) is 6.11. The van der Waals surface area contributed by atoms with Crippen LogP contribution in [0, 0.1) is 32.1 Å². The van der Waals surface area contributed by atoms with E-state index in [4.69, 9.17) is 4.74 Å². The fourth-order valence-electron chi connectivity index (χ4n) is 1.77. The second kappa shape index (κ2) is 6.37. The van der Waals surface area contributed by atoms with Gasteiger partial charge in [-0.15, -0.1) is 0 Å². The molecule has 0 N–H and O–H groups in total. The Morgan fingerprint density at radius 2 is 1.45 bits per heavy atom. The highest BCUT2D eigenvalue weighted by molar-refractivity contribution is 5.63. The van der Waals surface area contributed by atoms with Gasteiger partial charge in [0.1, 0.15) is 5.75 Å². The number of nitro groups is 2. The number of hydrogen-bond donors (Lipinski definition) is 0. The van der Waals surface area contributed by atoms with Gasteiger partial charge in [0.05, 0.1) is 17.0 Å². The molecule has 0 heterocycles. The van der Waals surface area contributed by atoms with Crippen LogP contribution < -0.4 is 4.74 Å². The van der Waals surface area contributed by atoms with Gasteiger partial charge >= 0.3 is 0 Å². The van der Waals surface area contributed by atoms with Crippen LogP contribution in [0.15, 0.2) is 42.5 Å². The normalized spacial score (nSPS) is 9.50. The summed E-state index contributed by atoms with van der Waals surface area (Å²) in [5, 5.41) is 22.0. The highest BCUT2D eigenvalue weighted by atomic mass is 16.6. The Bertz CT molecular complexity index is 756. The lowest BCUT2D eigenvalue weighted by molar-refractivity contribution is -0.394. The number of hydrogen-bond acceptors (Lipinski definition) is 5. The molecule has 0 radical (unpaired) electrons. The van der Waals surface area contributed by atoms with E-state index in [0.29, 0.717) is 11.3 Å². The predicted octanol–water partition coefficient (Wildman–Crippen LogP) is 2.91. The lowest BCUT2D eigenvalue weighted by Gasteiger charge is -1.98. The molecule has 7 heteroatoms. The summed E-state index contributed by atoms with van der Waals surface area (Å²) < 4.78 is 5.01. The molecular weight excluding hydrogens is 288 g/mol. The summed E-state index contributed by atoms with van der Waals surface area (Å²) in [6, 6.07) is 10.3. The Kier molecular flexibility index (Phi) is 4.34. The molecule has 0 bridgehead atoms. The van der Waals surface area contributed by atoms with Crippen molar-refractivity contribution in [3.63, 3.8) is 0 Å². The average molecular weight is 298 g/mol. The van der Waals surface area contributed by atoms with E-state index in [1.807, 2.05) is 0 Å². The molecule has 0 aliphatic heterocycles. The van der Waals surface area contributed by atoms with Gasteiger partial charge < -0.3 is 4.74 Å². The zero-order valence-corrected chi connectivity index (χ0v) is 11.5. The van der Waals surface area contributed by atoms with Crippen LogP contribution in [0.5, 0.6) is 5.75 Å². The summed E-state index contributed by atoms with van der Waals surface area (Å²) in [6.45, 7) is 0. The number of nitrogens with zero attached hydrogens (tertiary/aromatic N) is 2. The second-order valence-corrected chi connectivity index (χ2v) is 4.16. The topological polar surface area (TPSA) is 95.5 Å². The number of nitro benzene ring substituents is 2. The Morgan fingerprint density at radius 3 is 1.91 bits per heavy atom. The van der Waals surface area contributed by atoms with E-state index < -0.39 is 21.2 Å². The van der Waals surface area contributed by atoms with Crippen LogP contribution in [0.1, 0.15) is 11.1 Å². The minimum absolute atomic E-state index is 0.215. The van der Waals surface area contributed by atoms with Crippen LogP contribution in [0.3, 0.4) is 0 Å². The fraction of sp³-hybridized carbons (Fsp3) is 0.0667. The predicted molar refractivity (Wildman–Crippen MR) is 78.7 cm³/mol. The van der Waals surface area contributed by atoms with Gasteiger partial charge in [-0.2, -0.15) is 0 Å². The molecule has 7 nitrogen and oxygen atoms in total. The third-order valence-corrected chi connectivity index (χ3v) is 2.84. The fourth-order valence-corrected chi connectivity index (χ4v) is 1.77. The molecule has 0 fully saturated rings. The van der Waals surface area contributed by atoms with Crippen LogP contribution in [0.25, 0.3) is 0 Å². The molecule has 2 aromatic rings. The van der Waals surface area contributed by atoms with Crippen molar-refractivity contribution in [2.75, 3.05) is 7.11 Å². The lowest BCUT2D eigenvalue weighted by Crippen LogP contribution is -1.98. The van der Waals surface area contributed by atoms with E-state index in [9.17, 15) is 20.2 Å². The molecule has 0 spiro atoms. The van der Waals surface area contributed by atoms with Crippen molar-refractivity contribution in [1.29, 1.82) is 0 Å². The molecular formula is C15H10N2O5. The minimum atomic E-state index is -0.689. The average Bonchev–Trinajstić information content (AvgIpc) is 2.52. The van der Waals surface area contributed by atoms with Gasteiger partial charge in [-0.25, -0.2) is 0 Å². The smallest absolute Gasteiger partial charge is 0.291 e. The summed E-state index contributed by atoms with van der Waals surface area (Å²) in [6.07, 6.45) is 0. The van der Waals surface area contributed by atoms with E-state index >= 15 is 0 Å². The van der Waals surface area contributed by atoms with Crippen molar-refractivity contribution in [3.05, 3.63) is 73.8 Å². The van der Waals surface area contributed by atoms with Gasteiger partial charge in [-0.05, 0) is 36.3 Å². The largest absolute Gasteiger partial charge is 0.497 e. The third kappa shape index (κ3) is 3.19. The third-order valence-electron chi connectivity index (χ3n) is 2.84. The summed E-state index contributed by atoms with van der Waals surface area (Å²) in [5.41, 5.74) is -0.438. The molecule has 0 aromatic heterocycles. The molecule has 22 heavy (non-hydrogen) atoms. The van der Waals surface area contributed by atoms with Gasteiger partial charge in [0.2, 0.25) is 0 Å². The van der Waals surface area contributed by atoms with E-state index in [0.717, 1.165) is 0 Å². The van der Waals surface area contributed by atoms with Gasteiger partial charge in [0.25, 0.3) is 11.4 Å². The van der Waals surface area contributed by atoms with Crippen molar-refractivity contribution in [2.45, 2.75) is 0 Å². The van der Waals surface area contributed by atoms with Crippen LogP contribution in [-0.4, -0.2) is 17.0 Å². The van der Waals surface area contributed by atoms with Crippen LogP contribution in [-0.2, 0) is 0 Å². The van der Waals surface area contributed by atoms with E-state index in [2.05, 4.69) is 11.8 Å². The molecule has 0 aliphatic carbocycles. The molecule has 0 unspecified atom stereocenters. The minimum Gasteiger partial charge on any atom is -0.497 e. The summed E-state index contributed by atoms with van der Waals surface area (Å²) in [4.78, 5) is 20.6. The summed E-state index contributed by atoms with van der Waals surface area (Å²) >= 11 is 0. The summed E-state index contributed by atoms with van der Waals surface area (Å²) in [5.74, 6) is 5.85. The van der Waals surface area contributed by atoms with Gasteiger partial charge in [0, 0.05) is 17.7 Å². The highest BCUT2D eigenvalue weighted by Gasteiger charge is 2.22. The number of rotatable bonds is 3. The Labute approximate surface area is 125 Å². The Hall–Kier alpha value is -3.40. The van der Waals surface area contributed by atoms with E-state index in [1.54, 1.807) is 24.3 Å². The van der Waals surface area contributed by atoms with Crippen molar-refractivity contribution < 1.29 is 14.6 Å². The SMILES string of the molecule is COc1ccc(C#Cc2c([N+](=O)[O-])cccc2[N+](=O)[O-])cc1. The maximum Gasteiger partial charge on any atom is 0.291 e. The Morgan fingerprint density at radius 1 is 0.909 bits per heavy atom. The molecule has 110 valence electrons. The first kappa shape index (κ1) is 15.0. The van der Waals surface area contributed by atoms with Gasteiger partial charge in [0.15, 0.2) is 5.56 Å². The quantitative estimate of drug-likeness (QED) is 0.493. The van der Waals surface area contributed by atoms with Crippen LogP contribution in [0.4, 0.5) is 11.4 Å². The zero-order valence-electron chi connectivity index (χ0n) is 11.5. The first-order valence-electron chi connectivity index (χ1n) is 6.11. The Balaban J connectivity index is 2.50. The number of ether oxygens (including phenoxy) is 1. The number of benzene rings is 2. The van der Waals surface area contributed by atoms with Crippen LogP contribution >= 0.6 is 0 Å². The molecule has 2 aromatic carbocycles. The van der Waals surface area contributed by atoms with Crippen molar-refractivity contribution in [3.8, 4) is 17.6 Å².